The second-order valence-electron chi connectivity index (χ2n) is 8.06. The van der Waals surface area contributed by atoms with Gasteiger partial charge in [0.2, 0.25) is 5.91 Å². The minimum absolute atomic E-state index is 0.00577. The number of aryl methyl sites for hydroxylation is 2. The molecule has 0 saturated heterocycles. The van der Waals surface area contributed by atoms with Gasteiger partial charge in [0.25, 0.3) is 5.56 Å². The second kappa shape index (κ2) is 9.04. The summed E-state index contributed by atoms with van der Waals surface area (Å²) in [7, 11) is 1.77. The number of thioether (sulfide) groups is 1. The summed E-state index contributed by atoms with van der Waals surface area (Å²) in [5.41, 5.74) is 2.70. The van der Waals surface area contributed by atoms with Crippen LogP contribution in [-0.4, -0.2) is 27.3 Å². The highest BCUT2D eigenvalue weighted by molar-refractivity contribution is 8.00. The van der Waals surface area contributed by atoms with Crippen LogP contribution in [0.25, 0.3) is 10.2 Å². The average Bonchev–Trinajstić information content (AvgIpc) is 3.10. The molecule has 5 nitrogen and oxygen atoms in total. The van der Waals surface area contributed by atoms with Gasteiger partial charge in [-0.1, -0.05) is 23.4 Å². The molecule has 1 N–H and O–H groups in total. The van der Waals surface area contributed by atoms with E-state index >= 15 is 0 Å². The Morgan fingerprint density at radius 1 is 1.28 bits per heavy atom. The monoisotopic (exact) mass is 431 g/mol. The molecule has 0 aliphatic heterocycles. The Kier molecular flexibility index (Phi) is 6.44. The molecule has 0 saturated carbocycles. The van der Waals surface area contributed by atoms with Crippen molar-refractivity contribution < 1.29 is 4.79 Å². The zero-order valence-corrected chi connectivity index (χ0v) is 18.9. The van der Waals surface area contributed by atoms with E-state index in [9.17, 15) is 9.59 Å². The fourth-order valence-electron chi connectivity index (χ4n) is 4.21. The van der Waals surface area contributed by atoms with Gasteiger partial charge in [0.15, 0.2) is 5.16 Å². The standard InChI is InChI=1S/C22H29N3O2S2/c1-14(19(26)23-13-12-15-8-4-3-5-9-15)28-22-24-20-18(21(27)25(22)2)16-10-6-7-11-17(16)29-20/h8,14H,3-7,9-13H2,1-2H3,(H,23,26). The molecule has 4 rings (SSSR count). The largest absolute Gasteiger partial charge is 0.355 e. The van der Waals surface area contributed by atoms with Crippen molar-refractivity contribution >= 4 is 39.2 Å². The molecule has 0 radical (unpaired) electrons. The number of amides is 1. The Bertz CT molecular complexity index is 1010. The lowest BCUT2D eigenvalue weighted by molar-refractivity contribution is -0.120. The number of carbonyl (C=O) groups is 1. The molecule has 1 amide bonds. The van der Waals surface area contributed by atoms with E-state index < -0.39 is 0 Å². The SMILES string of the molecule is CC(Sc1nc2sc3c(c2c(=O)n1C)CCCC3)C(=O)NCCC1=CCCCC1. The van der Waals surface area contributed by atoms with Gasteiger partial charge in [-0.25, -0.2) is 4.98 Å². The normalized spacial score (nSPS) is 17.7. The summed E-state index contributed by atoms with van der Waals surface area (Å²) in [6.45, 7) is 2.56. The maximum Gasteiger partial charge on any atom is 0.262 e. The third-order valence-electron chi connectivity index (χ3n) is 5.94. The van der Waals surface area contributed by atoms with E-state index in [-0.39, 0.29) is 16.7 Å². The summed E-state index contributed by atoms with van der Waals surface area (Å²) < 4.78 is 1.62. The van der Waals surface area contributed by atoms with Gasteiger partial charge >= 0.3 is 0 Å². The Labute approximate surface area is 180 Å². The summed E-state index contributed by atoms with van der Waals surface area (Å²) in [6.07, 6.45) is 12.5. The molecule has 0 spiro atoms. The van der Waals surface area contributed by atoms with Gasteiger partial charge < -0.3 is 5.32 Å². The number of hydrogen-bond acceptors (Lipinski definition) is 5. The van der Waals surface area contributed by atoms with Crippen LogP contribution in [0.15, 0.2) is 21.6 Å². The third-order valence-corrected chi connectivity index (χ3v) is 8.27. The quantitative estimate of drug-likeness (QED) is 0.419. The first-order valence-corrected chi connectivity index (χ1v) is 12.4. The number of nitrogens with zero attached hydrogens (tertiary/aromatic N) is 2. The maximum absolute atomic E-state index is 13.0. The molecule has 2 aromatic rings. The minimum Gasteiger partial charge on any atom is -0.355 e. The van der Waals surface area contributed by atoms with Crippen LogP contribution < -0.4 is 10.9 Å². The van der Waals surface area contributed by atoms with Crippen molar-refractivity contribution in [2.45, 2.75) is 75.1 Å². The van der Waals surface area contributed by atoms with Crippen LogP contribution in [0.2, 0.25) is 0 Å². The molecular weight excluding hydrogens is 402 g/mol. The molecule has 1 unspecified atom stereocenters. The van der Waals surface area contributed by atoms with Crippen LogP contribution in [0.3, 0.4) is 0 Å². The van der Waals surface area contributed by atoms with Crippen molar-refractivity contribution in [2.75, 3.05) is 6.54 Å². The van der Waals surface area contributed by atoms with Crippen molar-refractivity contribution in [3.05, 3.63) is 32.4 Å². The molecule has 29 heavy (non-hydrogen) atoms. The Hall–Kier alpha value is -1.60. The highest BCUT2D eigenvalue weighted by Crippen LogP contribution is 2.35. The molecule has 2 aliphatic rings. The van der Waals surface area contributed by atoms with Crippen LogP contribution in [0.1, 0.15) is 62.3 Å². The average molecular weight is 432 g/mol. The molecule has 2 aliphatic carbocycles. The predicted molar refractivity (Wildman–Crippen MR) is 121 cm³/mol. The number of allylic oxidation sites excluding steroid dienone is 1. The zero-order chi connectivity index (χ0) is 20.4. The number of nitrogens with one attached hydrogen (secondary N) is 1. The number of carbonyl (C=O) groups excluding carboxylic acids is 1. The van der Waals surface area contributed by atoms with Gasteiger partial charge in [-0.15, -0.1) is 11.3 Å². The van der Waals surface area contributed by atoms with Crippen LogP contribution in [0, 0.1) is 0 Å². The maximum atomic E-state index is 13.0. The minimum atomic E-state index is -0.291. The third kappa shape index (κ3) is 4.45. The Morgan fingerprint density at radius 2 is 2.07 bits per heavy atom. The van der Waals surface area contributed by atoms with E-state index in [1.165, 1.54) is 53.5 Å². The van der Waals surface area contributed by atoms with Gasteiger partial charge in [-0.3, -0.25) is 14.2 Å². The smallest absolute Gasteiger partial charge is 0.262 e. The van der Waals surface area contributed by atoms with Crippen molar-refractivity contribution in [2.24, 2.45) is 7.05 Å². The van der Waals surface area contributed by atoms with E-state index in [1.807, 2.05) is 6.92 Å². The number of fused-ring (bicyclic) bond motifs is 3. The Balaban J connectivity index is 1.44. The molecule has 2 aromatic heterocycles. The highest BCUT2D eigenvalue weighted by Gasteiger charge is 2.23. The fourth-order valence-corrected chi connectivity index (χ4v) is 6.41. The summed E-state index contributed by atoms with van der Waals surface area (Å²) in [5, 5.41) is 4.18. The lowest BCUT2D eigenvalue weighted by atomic mass is 9.97. The van der Waals surface area contributed by atoms with Crippen LogP contribution in [-0.2, 0) is 24.7 Å². The molecule has 0 bridgehead atoms. The molecule has 7 heteroatoms. The van der Waals surface area contributed by atoms with Crippen molar-refractivity contribution in [1.82, 2.24) is 14.9 Å². The summed E-state index contributed by atoms with van der Waals surface area (Å²) in [6, 6.07) is 0. The van der Waals surface area contributed by atoms with Gasteiger partial charge in [-0.05, 0) is 70.3 Å². The molecule has 156 valence electrons. The van der Waals surface area contributed by atoms with Crippen molar-refractivity contribution in [3.8, 4) is 0 Å². The number of aromatic nitrogens is 2. The first kappa shape index (κ1) is 20.7. The first-order chi connectivity index (χ1) is 14.0. The fraction of sp³-hybridized carbons (Fsp3) is 0.591. The molecule has 2 heterocycles. The zero-order valence-electron chi connectivity index (χ0n) is 17.3. The molecule has 0 aromatic carbocycles. The molecule has 1 atom stereocenters. The van der Waals surface area contributed by atoms with Crippen molar-refractivity contribution in [3.63, 3.8) is 0 Å². The van der Waals surface area contributed by atoms with E-state index in [0.29, 0.717) is 11.7 Å². The van der Waals surface area contributed by atoms with Crippen LogP contribution in [0.4, 0.5) is 0 Å². The Morgan fingerprint density at radius 3 is 2.86 bits per heavy atom. The van der Waals surface area contributed by atoms with Gasteiger partial charge in [0.1, 0.15) is 4.83 Å². The predicted octanol–water partition coefficient (Wildman–Crippen LogP) is 4.36. The van der Waals surface area contributed by atoms with E-state index in [0.717, 1.165) is 42.3 Å². The summed E-state index contributed by atoms with van der Waals surface area (Å²) >= 11 is 3.03. The summed E-state index contributed by atoms with van der Waals surface area (Å²) in [4.78, 5) is 32.5. The van der Waals surface area contributed by atoms with E-state index in [2.05, 4.69) is 11.4 Å². The van der Waals surface area contributed by atoms with Gasteiger partial charge in [0.05, 0.1) is 10.6 Å². The second-order valence-corrected chi connectivity index (χ2v) is 10.5. The lowest BCUT2D eigenvalue weighted by Crippen LogP contribution is -2.32. The first-order valence-electron chi connectivity index (χ1n) is 10.7. The van der Waals surface area contributed by atoms with E-state index in [1.54, 1.807) is 23.0 Å². The molecule has 0 fully saturated rings. The van der Waals surface area contributed by atoms with Crippen LogP contribution >= 0.6 is 23.1 Å². The summed E-state index contributed by atoms with van der Waals surface area (Å²) in [5.74, 6) is 0.00577. The van der Waals surface area contributed by atoms with Gasteiger partial charge in [-0.2, -0.15) is 0 Å². The lowest BCUT2D eigenvalue weighted by Gasteiger charge is -2.15. The van der Waals surface area contributed by atoms with E-state index in [4.69, 9.17) is 4.98 Å². The van der Waals surface area contributed by atoms with Crippen molar-refractivity contribution in [1.29, 1.82) is 0 Å². The molecular formula is C22H29N3O2S2. The number of hydrogen-bond donors (Lipinski definition) is 1. The van der Waals surface area contributed by atoms with Crippen LogP contribution in [0.5, 0.6) is 0 Å². The topological polar surface area (TPSA) is 64.0 Å². The highest BCUT2D eigenvalue weighted by atomic mass is 32.2. The van der Waals surface area contributed by atoms with Gasteiger partial charge in [0, 0.05) is 18.5 Å². The number of rotatable bonds is 6. The number of thiophene rings is 1.